The molecule has 6 nitrogen and oxygen atoms in total. The fourth-order valence-corrected chi connectivity index (χ4v) is 5.10. The Labute approximate surface area is 220 Å². The molecule has 0 spiro atoms. The Morgan fingerprint density at radius 1 is 0.919 bits per heavy atom. The maximum Gasteiger partial charge on any atom is 0.322 e. The van der Waals surface area contributed by atoms with Gasteiger partial charge in [0.25, 0.3) is 0 Å². The molecule has 3 aromatic carbocycles. The number of urea groups is 1. The third kappa shape index (κ3) is 4.19. The Bertz CT molecular complexity index is 1570. The van der Waals surface area contributed by atoms with Gasteiger partial charge in [-0.2, -0.15) is 5.10 Å². The molecule has 184 valence electrons. The van der Waals surface area contributed by atoms with Crippen molar-refractivity contribution in [3.63, 3.8) is 0 Å². The summed E-state index contributed by atoms with van der Waals surface area (Å²) in [5, 5.41) is 8.61. The number of hydrogen-bond donors (Lipinski definition) is 1. The Kier molecular flexibility index (Phi) is 5.81. The molecular formula is C30H26ClN5O. The highest BCUT2D eigenvalue weighted by molar-refractivity contribution is 6.30. The maximum absolute atomic E-state index is 13.9. The van der Waals surface area contributed by atoms with Crippen molar-refractivity contribution < 1.29 is 4.79 Å². The van der Waals surface area contributed by atoms with E-state index >= 15 is 0 Å². The zero-order valence-corrected chi connectivity index (χ0v) is 21.4. The van der Waals surface area contributed by atoms with Crippen molar-refractivity contribution in [3.05, 3.63) is 130 Å². The second kappa shape index (κ2) is 9.30. The number of amides is 2. The summed E-state index contributed by atoms with van der Waals surface area (Å²) in [6.07, 6.45) is 2.05. The molecule has 0 bridgehead atoms. The monoisotopic (exact) mass is 507 g/mol. The smallest absolute Gasteiger partial charge is 0.308 e. The quantitative estimate of drug-likeness (QED) is 0.284. The first kappa shape index (κ1) is 23.1. The van der Waals surface area contributed by atoms with Crippen molar-refractivity contribution in [2.45, 2.75) is 26.4 Å². The number of hydrogen-bond acceptors (Lipinski definition) is 2. The number of aromatic nitrogens is 3. The van der Waals surface area contributed by atoms with Gasteiger partial charge in [0.15, 0.2) is 0 Å². The van der Waals surface area contributed by atoms with E-state index in [-0.39, 0.29) is 12.1 Å². The van der Waals surface area contributed by atoms with E-state index in [0.717, 1.165) is 34.0 Å². The Hall–Kier alpha value is -4.29. The highest BCUT2D eigenvalue weighted by Gasteiger charge is 2.36. The molecule has 0 aliphatic carbocycles. The van der Waals surface area contributed by atoms with Gasteiger partial charge in [-0.1, -0.05) is 59.6 Å². The minimum Gasteiger partial charge on any atom is -0.308 e. The van der Waals surface area contributed by atoms with Crippen molar-refractivity contribution in [2.75, 3.05) is 5.32 Å². The third-order valence-corrected chi connectivity index (χ3v) is 7.09. The molecule has 7 heteroatoms. The largest absolute Gasteiger partial charge is 0.322 e. The Balaban J connectivity index is 1.53. The maximum atomic E-state index is 13.9. The zero-order valence-electron chi connectivity index (χ0n) is 20.6. The molecule has 3 heterocycles. The van der Waals surface area contributed by atoms with E-state index in [0.29, 0.717) is 17.3 Å². The van der Waals surface area contributed by atoms with E-state index < -0.39 is 0 Å². The zero-order chi connectivity index (χ0) is 25.5. The molecule has 0 saturated carbocycles. The second-order valence-corrected chi connectivity index (χ2v) is 9.75. The van der Waals surface area contributed by atoms with Crippen LogP contribution >= 0.6 is 11.6 Å². The second-order valence-electron chi connectivity index (χ2n) is 9.32. The van der Waals surface area contributed by atoms with Crippen LogP contribution in [0, 0.1) is 13.8 Å². The number of aryl methyl sites for hydroxylation is 2. The van der Waals surface area contributed by atoms with Crippen molar-refractivity contribution in [3.8, 4) is 11.5 Å². The fraction of sp³-hybridized carbons (Fsp3) is 0.133. The van der Waals surface area contributed by atoms with Crippen molar-refractivity contribution in [2.24, 2.45) is 0 Å². The average Bonchev–Trinajstić information content (AvgIpc) is 3.47. The van der Waals surface area contributed by atoms with Crippen molar-refractivity contribution in [1.82, 2.24) is 19.2 Å². The van der Waals surface area contributed by atoms with Gasteiger partial charge >= 0.3 is 6.03 Å². The molecule has 1 atom stereocenters. The summed E-state index contributed by atoms with van der Waals surface area (Å²) in [6.45, 7) is 4.47. The highest BCUT2D eigenvalue weighted by Crippen LogP contribution is 2.38. The number of rotatable bonds is 3. The summed E-state index contributed by atoms with van der Waals surface area (Å²) in [5.74, 6) is 0.947. The third-order valence-electron chi connectivity index (χ3n) is 6.84. The van der Waals surface area contributed by atoms with Crippen molar-refractivity contribution >= 4 is 23.3 Å². The highest BCUT2D eigenvalue weighted by atomic mass is 35.5. The number of fused-ring (bicyclic) bond motifs is 3. The summed E-state index contributed by atoms with van der Waals surface area (Å²) < 4.78 is 4.14. The van der Waals surface area contributed by atoms with Crippen LogP contribution in [0.15, 0.2) is 97.2 Å². The molecule has 1 aliphatic rings. The fourth-order valence-electron chi connectivity index (χ4n) is 4.98. The molecule has 0 saturated heterocycles. The van der Waals surface area contributed by atoms with Crippen LogP contribution in [-0.2, 0) is 6.54 Å². The predicted octanol–water partition coefficient (Wildman–Crippen LogP) is 7.07. The van der Waals surface area contributed by atoms with Gasteiger partial charge in [-0.25, -0.2) is 9.48 Å². The first-order valence-electron chi connectivity index (χ1n) is 12.2. The van der Waals surface area contributed by atoms with Crippen LogP contribution in [0.25, 0.3) is 11.5 Å². The molecule has 2 amide bonds. The normalized spacial score (nSPS) is 14.6. The molecular weight excluding hydrogens is 482 g/mol. The van der Waals surface area contributed by atoms with Gasteiger partial charge < -0.3 is 14.8 Å². The predicted molar refractivity (Wildman–Crippen MR) is 147 cm³/mol. The van der Waals surface area contributed by atoms with Crippen LogP contribution in [0.4, 0.5) is 10.5 Å². The van der Waals surface area contributed by atoms with Crippen LogP contribution in [0.3, 0.4) is 0 Å². The molecule has 1 aliphatic heterocycles. The molecule has 1 unspecified atom stereocenters. The molecule has 5 aromatic rings. The van der Waals surface area contributed by atoms with Gasteiger partial charge in [0.05, 0.1) is 29.7 Å². The number of carbonyl (C=O) groups excluding carboxylic acids is 1. The van der Waals surface area contributed by atoms with Crippen molar-refractivity contribution in [1.29, 1.82) is 0 Å². The lowest BCUT2D eigenvalue weighted by Crippen LogP contribution is -2.38. The van der Waals surface area contributed by atoms with Crippen LogP contribution in [0.5, 0.6) is 0 Å². The van der Waals surface area contributed by atoms with Crippen LogP contribution in [0.1, 0.15) is 34.1 Å². The topological polar surface area (TPSA) is 55.1 Å². The van der Waals surface area contributed by atoms with Gasteiger partial charge in [0.1, 0.15) is 5.82 Å². The van der Waals surface area contributed by atoms with Gasteiger partial charge in [-0.15, -0.1) is 0 Å². The number of nitrogens with one attached hydrogen (secondary N) is 1. The van der Waals surface area contributed by atoms with Gasteiger partial charge in [-0.3, -0.25) is 0 Å². The van der Waals surface area contributed by atoms with E-state index in [2.05, 4.69) is 53.3 Å². The van der Waals surface area contributed by atoms with E-state index in [1.54, 1.807) is 12.1 Å². The van der Waals surface area contributed by atoms with Gasteiger partial charge in [-0.05, 0) is 67.9 Å². The van der Waals surface area contributed by atoms with Crippen LogP contribution in [0.2, 0.25) is 5.02 Å². The standard InChI is InChI=1S/C30H26ClN5O/c1-20-10-12-22(13-11-20)28-27-9-6-18-34(27)29-26(21(2)33-36(29)25-7-4-3-5-8-25)19-35(28)30(37)32-24-16-14-23(31)15-17-24/h3-18,28H,19H2,1-2H3,(H,32,37). The van der Waals surface area contributed by atoms with Crippen LogP contribution in [-0.4, -0.2) is 25.3 Å². The van der Waals surface area contributed by atoms with Crippen LogP contribution < -0.4 is 5.32 Å². The summed E-state index contributed by atoms with van der Waals surface area (Å²) in [6, 6.07) is 29.3. The molecule has 2 aromatic heterocycles. The summed E-state index contributed by atoms with van der Waals surface area (Å²) in [5.41, 5.74) is 6.74. The number of halogens is 1. The molecule has 1 N–H and O–H groups in total. The minimum atomic E-state index is -0.307. The first-order chi connectivity index (χ1) is 18.0. The summed E-state index contributed by atoms with van der Waals surface area (Å²) in [7, 11) is 0. The average molecular weight is 508 g/mol. The lowest BCUT2D eigenvalue weighted by Gasteiger charge is -2.31. The van der Waals surface area contributed by atoms with E-state index in [1.807, 2.05) is 65.0 Å². The lowest BCUT2D eigenvalue weighted by atomic mass is 10.0. The van der Waals surface area contributed by atoms with E-state index in [4.69, 9.17) is 16.7 Å². The molecule has 0 fully saturated rings. The minimum absolute atomic E-state index is 0.194. The summed E-state index contributed by atoms with van der Waals surface area (Å²) >= 11 is 6.07. The Morgan fingerprint density at radius 3 is 2.38 bits per heavy atom. The Morgan fingerprint density at radius 2 is 1.65 bits per heavy atom. The number of carbonyl (C=O) groups is 1. The van der Waals surface area contributed by atoms with Gasteiger partial charge in [0, 0.05) is 22.5 Å². The number of nitrogens with zero attached hydrogens (tertiary/aromatic N) is 4. The summed E-state index contributed by atoms with van der Waals surface area (Å²) in [4.78, 5) is 15.8. The van der Waals surface area contributed by atoms with E-state index in [1.165, 1.54) is 5.56 Å². The number of para-hydroxylation sites is 1. The lowest BCUT2D eigenvalue weighted by molar-refractivity contribution is 0.194. The number of anilines is 1. The number of benzene rings is 3. The van der Waals surface area contributed by atoms with E-state index in [9.17, 15) is 4.79 Å². The molecule has 0 radical (unpaired) electrons. The van der Waals surface area contributed by atoms with Gasteiger partial charge in [0.2, 0.25) is 0 Å². The first-order valence-corrected chi connectivity index (χ1v) is 12.6. The molecule has 37 heavy (non-hydrogen) atoms. The molecule has 6 rings (SSSR count). The SMILES string of the molecule is Cc1ccc(C2c3cccn3-c3c(c(C)nn3-c3ccccc3)CN2C(=O)Nc2ccc(Cl)cc2)cc1.